The summed E-state index contributed by atoms with van der Waals surface area (Å²) >= 11 is 0. The number of ketones is 2. The van der Waals surface area contributed by atoms with Crippen molar-refractivity contribution >= 4 is 23.0 Å². The van der Waals surface area contributed by atoms with Crippen molar-refractivity contribution in [3.63, 3.8) is 0 Å². The maximum atomic E-state index is 13.1. The number of carbonyl (C=O) groups is 2. The summed E-state index contributed by atoms with van der Waals surface area (Å²) in [5, 5.41) is 14.8. The molecule has 1 atom stereocenters. The van der Waals surface area contributed by atoms with Gasteiger partial charge in [-0.25, -0.2) is 4.99 Å². The maximum absolute atomic E-state index is 13.1. The highest BCUT2D eigenvalue weighted by Crippen LogP contribution is 2.35. The van der Waals surface area contributed by atoms with Crippen LogP contribution >= 0.6 is 0 Å². The van der Waals surface area contributed by atoms with E-state index >= 15 is 0 Å². The Hall–Kier alpha value is -4.00. The van der Waals surface area contributed by atoms with Crippen molar-refractivity contribution in [1.82, 2.24) is 5.16 Å². The molecule has 1 unspecified atom stereocenters. The highest BCUT2D eigenvalue weighted by Gasteiger charge is 2.33. The molecular formula is C29H28N2O5. The maximum Gasteiger partial charge on any atom is 0.168 e. The number of ether oxygens (including phenoxy) is 1. The van der Waals surface area contributed by atoms with Gasteiger partial charge in [0.05, 0.1) is 29.7 Å². The van der Waals surface area contributed by atoms with Crippen molar-refractivity contribution in [3.05, 3.63) is 88.5 Å². The molecule has 2 aliphatic carbocycles. The van der Waals surface area contributed by atoms with E-state index in [0.717, 1.165) is 5.56 Å². The molecule has 0 amide bonds. The van der Waals surface area contributed by atoms with Gasteiger partial charge in [-0.05, 0) is 42.9 Å². The van der Waals surface area contributed by atoms with Gasteiger partial charge in [-0.3, -0.25) is 9.59 Å². The summed E-state index contributed by atoms with van der Waals surface area (Å²) in [6.07, 6.45) is 3.11. The molecule has 5 rings (SSSR count). The molecular weight excluding hydrogens is 456 g/mol. The van der Waals surface area contributed by atoms with E-state index in [4.69, 9.17) is 14.3 Å². The van der Waals surface area contributed by atoms with Gasteiger partial charge in [0.15, 0.2) is 11.6 Å². The van der Waals surface area contributed by atoms with Crippen LogP contribution in [0.4, 0.5) is 5.69 Å². The molecule has 36 heavy (non-hydrogen) atoms. The molecule has 2 aromatic carbocycles. The number of rotatable bonds is 7. The van der Waals surface area contributed by atoms with Gasteiger partial charge in [-0.15, -0.1) is 0 Å². The molecule has 7 heteroatoms. The smallest absolute Gasteiger partial charge is 0.168 e. The summed E-state index contributed by atoms with van der Waals surface area (Å²) in [5.74, 6) is 1.19. The summed E-state index contributed by atoms with van der Waals surface area (Å²) < 4.78 is 11.1. The van der Waals surface area contributed by atoms with Crippen molar-refractivity contribution in [3.8, 4) is 5.75 Å². The molecule has 7 nitrogen and oxygen atoms in total. The van der Waals surface area contributed by atoms with Crippen LogP contribution in [0.25, 0.3) is 0 Å². The zero-order chi connectivity index (χ0) is 25.1. The quantitative estimate of drug-likeness (QED) is 0.421. The molecule has 0 aliphatic heterocycles. The highest BCUT2D eigenvalue weighted by atomic mass is 16.5. The molecule has 0 saturated carbocycles. The number of nitrogens with zero attached hydrogens (tertiary/aromatic N) is 2. The molecule has 0 fully saturated rings. The van der Waals surface area contributed by atoms with Gasteiger partial charge in [-0.1, -0.05) is 47.6 Å². The van der Waals surface area contributed by atoms with E-state index in [1.54, 1.807) is 19.2 Å². The lowest BCUT2D eigenvalue weighted by atomic mass is 9.81. The van der Waals surface area contributed by atoms with Crippen LogP contribution in [-0.4, -0.2) is 34.7 Å². The molecule has 184 valence electrons. The summed E-state index contributed by atoms with van der Waals surface area (Å²) in [7, 11) is 1.56. The second-order valence-corrected chi connectivity index (χ2v) is 9.20. The third kappa shape index (κ3) is 4.73. The van der Waals surface area contributed by atoms with Gasteiger partial charge < -0.3 is 14.4 Å². The van der Waals surface area contributed by atoms with Crippen LogP contribution < -0.4 is 4.74 Å². The van der Waals surface area contributed by atoms with Crippen molar-refractivity contribution < 1.29 is 24.0 Å². The topological polar surface area (TPSA) is 102 Å². The molecule has 1 heterocycles. The number of aromatic nitrogens is 1. The van der Waals surface area contributed by atoms with Gasteiger partial charge in [0, 0.05) is 25.7 Å². The lowest BCUT2D eigenvalue weighted by Crippen LogP contribution is -2.21. The summed E-state index contributed by atoms with van der Waals surface area (Å²) in [5.41, 5.74) is 3.52. The second kappa shape index (κ2) is 10.3. The lowest BCUT2D eigenvalue weighted by molar-refractivity contribution is -0.115. The Labute approximate surface area is 209 Å². The number of Topliss-reactive ketones (excluding diaryl/α,β-unsaturated/α-hetero) is 2. The first-order valence-electron chi connectivity index (χ1n) is 12.3. The van der Waals surface area contributed by atoms with E-state index in [1.165, 1.54) is 0 Å². The Balaban J connectivity index is 1.44. The van der Waals surface area contributed by atoms with Gasteiger partial charge in [0.25, 0.3) is 0 Å². The van der Waals surface area contributed by atoms with Crippen LogP contribution in [0.5, 0.6) is 5.75 Å². The number of aliphatic hydroxyl groups is 1. The molecule has 1 N–H and O–H groups in total. The highest BCUT2D eigenvalue weighted by molar-refractivity contribution is 6.23. The normalized spacial score (nSPS) is 18.4. The van der Waals surface area contributed by atoms with E-state index in [9.17, 15) is 14.7 Å². The van der Waals surface area contributed by atoms with Crippen LogP contribution in [0.1, 0.15) is 65.4 Å². The Morgan fingerprint density at radius 2 is 1.83 bits per heavy atom. The van der Waals surface area contributed by atoms with Gasteiger partial charge >= 0.3 is 0 Å². The Bertz CT molecular complexity index is 1350. The zero-order valence-electron chi connectivity index (χ0n) is 20.2. The number of aliphatic hydroxyl groups excluding tert-OH is 1. The lowest BCUT2D eigenvalue weighted by Gasteiger charge is -2.20. The number of hydrogen-bond donors (Lipinski definition) is 1. The van der Waals surface area contributed by atoms with E-state index in [2.05, 4.69) is 5.16 Å². The fourth-order valence-corrected chi connectivity index (χ4v) is 5.07. The minimum atomic E-state index is -0.128. The number of fused-ring (bicyclic) bond motifs is 1. The van der Waals surface area contributed by atoms with Crippen LogP contribution in [0.3, 0.4) is 0 Å². The molecule has 1 aromatic heterocycles. The number of carbonyl (C=O) groups excluding carboxylic acids is 2. The number of aryl methyl sites for hydroxylation is 1. The number of aliphatic imine (C=N–C) groups is 1. The van der Waals surface area contributed by atoms with Crippen molar-refractivity contribution in [2.45, 2.75) is 50.9 Å². The number of methoxy groups -OCH3 is 1. The van der Waals surface area contributed by atoms with Gasteiger partial charge in [-0.2, -0.15) is 0 Å². The number of para-hydroxylation sites is 2. The number of hydrogen-bond acceptors (Lipinski definition) is 7. The molecule has 3 aromatic rings. The molecule has 2 aliphatic rings. The first kappa shape index (κ1) is 23.7. The standard InChI is InChI=1S/C29H28N2O5/c1-35-26-13-6-5-10-20(26)30-21(28-23(32)11-7-12-24(28)33)14-15-22-29-25(34)16-19(17-27(29)36-31-22)18-8-3-2-4-9-18/h2-6,8-10,13,19,32H,7,11-12,14-17H2,1H3. The largest absolute Gasteiger partial charge is 0.511 e. The van der Waals surface area contributed by atoms with Crippen molar-refractivity contribution in [2.24, 2.45) is 4.99 Å². The van der Waals surface area contributed by atoms with E-state index in [1.807, 2.05) is 42.5 Å². The van der Waals surface area contributed by atoms with Crippen LogP contribution in [0.2, 0.25) is 0 Å². The average molecular weight is 485 g/mol. The molecule has 0 saturated heterocycles. The second-order valence-electron chi connectivity index (χ2n) is 9.20. The Morgan fingerprint density at radius 1 is 1.06 bits per heavy atom. The van der Waals surface area contributed by atoms with Crippen LogP contribution in [-0.2, 0) is 17.6 Å². The first-order valence-corrected chi connectivity index (χ1v) is 12.3. The van der Waals surface area contributed by atoms with Crippen molar-refractivity contribution in [1.29, 1.82) is 0 Å². The number of benzene rings is 2. The van der Waals surface area contributed by atoms with Crippen LogP contribution in [0, 0.1) is 0 Å². The SMILES string of the molecule is COc1ccccc1N=C(CCc1noc2c1C(=O)CC(c1ccccc1)C2)C1=C(O)CCCC1=O. The van der Waals surface area contributed by atoms with Gasteiger partial charge in [0.1, 0.15) is 23.0 Å². The first-order chi connectivity index (χ1) is 17.5. The zero-order valence-corrected chi connectivity index (χ0v) is 20.2. The third-order valence-electron chi connectivity index (χ3n) is 6.86. The van der Waals surface area contributed by atoms with E-state index in [0.29, 0.717) is 79.1 Å². The summed E-state index contributed by atoms with van der Waals surface area (Å²) in [6, 6.07) is 17.2. The predicted octanol–water partition coefficient (Wildman–Crippen LogP) is 5.87. The monoisotopic (exact) mass is 484 g/mol. The molecule has 0 radical (unpaired) electrons. The third-order valence-corrected chi connectivity index (χ3v) is 6.86. The fourth-order valence-electron chi connectivity index (χ4n) is 5.07. The average Bonchev–Trinajstić information content (AvgIpc) is 3.31. The summed E-state index contributed by atoms with van der Waals surface area (Å²) in [4.78, 5) is 30.7. The van der Waals surface area contributed by atoms with Crippen LogP contribution in [0.15, 0.2) is 75.4 Å². The predicted molar refractivity (Wildman–Crippen MR) is 135 cm³/mol. The van der Waals surface area contributed by atoms with E-state index in [-0.39, 0.29) is 28.8 Å². The van der Waals surface area contributed by atoms with Crippen molar-refractivity contribution in [2.75, 3.05) is 7.11 Å². The minimum Gasteiger partial charge on any atom is -0.511 e. The molecule has 0 spiro atoms. The van der Waals surface area contributed by atoms with Gasteiger partial charge in [0.2, 0.25) is 0 Å². The molecule has 0 bridgehead atoms. The number of allylic oxidation sites excluding steroid dienone is 2. The Kier molecular flexibility index (Phi) is 6.80. The minimum absolute atomic E-state index is 0.0142. The Morgan fingerprint density at radius 3 is 2.61 bits per heavy atom. The summed E-state index contributed by atoms with van der Waals surface area (Å²) in [6.45, 7) is 0. The van der Waals surface area contributed by atoms with E-state index < -0.39 is 0 Å². The fraction of sp³-hybridized carbons (Fsp3) is 0.310.